The smallest absolute Gasteiger partial charge is 0.177 e. The second kappa shape index (κ2) is 12.8. The van der Waals surface area contributed by atoms with E-state index in [0.29, 0.717) is 18.2 Å². The zero-order valence-corrected chi connectivity index (χ0v) is 24.9. The second-order valence-electron chi connectivity index (χ2n) is 10.9. The fourth-order valence-corrected chi connectivity index (χ4v) is 5.68. The Kier molecular flexibility index (Phi) is 7.94. The van der Waals surface area contributed by atoms with Crippen LogP contribution in [0.2, 0.25) is 0 Å². The molecular formula is C35H31N10+. The van der Waals surface area contributed by atoms with E-state index in [9.17, 15) is 0 Å². The summed E-state index contributed by atoms with van der Waals surface area (Å²) in [5, 5.41) is 29.2. The van der Waals surface area contributed by atoms with Gasteiger partial charge in [-0.3, -0.25) is 0 Å². The Labute approximate surface area is 261 Å². The number of tetrazole rings is 2. The molecule has 0 saturated carbocycles. The highest BCUT2D eigenvalue weighted by Gasteiger charge is 2.31. The summed E-state index contributed by atoms with van der Waals surface area (Å²) in [4.78, 5) is 6.97. The van der Waals surface area contributed by atoms with Crippen molar-refractivity contribution in [2.24, 2.45) is 4.99 Å². The number of benzene rings is 4. The fourth-order valence-electron chi connectivity index (χ4n) is 5.68. The molecule has 0 amide bonds. The molecule has 2 N–H and O–H groups in total. The molecule has 4 aromatic carbocycles. The van der Waals surface area contributed by atoms with Crippen LogP contribution in [0.5, 0.6) is 0 Å². The Balaban J connectivity index is 1.08. The number of hydrogen-bond acceptors (Lipinski definition) is 8. The first-order valence-corrected chi connectivity index (χ1v) is 15.1. The van der Waals surface area contributed by atoms with E-state index in [1.54, 1.807) is 0 Å². The highest BCUT2D eigenvalue weighted by atomic mass is 15.5. The van der Waals surface area contributed by atoms with Crippen LogP contribution in [0.4, 0.5) is 0 Å². The molecule has 0 saturated heterocycles. The van der Waals surface area contributed by atoms with Gasteiger partial charge < -0.3 is 0 Å². The van der Waals surface area contributed by atoms with Gasteiger partial charge in [-0.15, -0.1) is 20.4 Å². The number of H-pyrrole nitrogens is 2. The number of aromatic amines is 2. The summed E-state index contributed by atoms with van der Waals surface area (Å²) in [6.45, 7) is 2.94. The Hall–Kier alpha value is -5.86. The lowest BCUT2D eigenvalue weighted by Crippen LogP contribution is -2.18. The van der Waals surface area contributed by atoms with E-state index >= 15 is 0 Å². The quantitative estimate of drug-likeness (QED) is 0.160. The number of nitrogens with zero attached hydrogens (tertiary/aromatic N) is 8. The molecule has 0 bridgehead atoms. The minimum Gasteiger partial charge on any atom is -0.177 e. The minimum absolute atomic E-state index is 0.582. The summed E-state index contributed by atoms with van der Waals surface area (Å²) in [6.07, 6.45) is 7.24. The molecule has 3 heterocycles. The lowest BCUT2D eigenvalue weighted by atomic mass is 9.97. The summed E-state index contributed by atoms with van der Waals surface area (Å²) < 4.78 is 0. The van der Waals surface area contributed by atoms with Crippen LogP contribution in [0.1, 0.15) is 37.3 Å². The molecule has 0 radical (unpaired) electrons. The molecule has 0 fully saturated rings. The number of nitrogens with one attached hydrogen (secondary N) is 2. The van der Waals surface area contributed by atoms with Gasteiger partial charge in [-0.25, -0.2) is 0 Å². The van der Waals surface area contributed by atoms with Crippen molar-refractivity contribution in [3.05, 3.63) is 120 Å². The molecule has 2 aromatic heterocycles. The van der Waals surface area contributed by atoms with E-state index in [1.807, 2.05) is 36.4 Å². The van der Waals surface area contributed by atoms with Crippen LogP contribution in [0, 0.1) is 0 Å². The number of rotatable bonds is 11. The first-order valence-electron chi connectivity index (χ1n) is 15.1. The molecule has 10 heteroatoms. The van der Waals surface area contributed by atoms with Crippen molar-refractivity contribution in [2.75, 3.05) is 0 Å². The highest BCUT2D eigenvalue weighted by Crippen LogP contribution is 2.33. The van der Waals surface area contributed by atoms with Crippen molar-refractivity contribution in [2.45, 2.75) is 39.2 Å². The number of hydrogen-bond donors (Lipinski definition) is 2. The largest absolute Gasteiger partial charge is 0.256 e. The molecule has 7 rings (SSSR count). The average molecular weight is 592 g/mol. The maximum atomic E-state index is 4.78. The van der Waals surface area contributed by atoms with Crippen molar-refractivity contribution in [3.8, 4) is 45.0 Å². The summed E-state index contributed by atoms with van der Waals surface area (Å²) >= 11 is 0. The van der Waals surface area contributed by atoms with Crippen LogP contribution in [-0.4, -0.2) is 52.5 Å². The van der Waals surface area contributed by atoms with Crippen LogP contribution < -0.4 is 0 Å². The van der Waals surface area contributed by atoms with Crippen LogP contribution in [0.3, 0.4) is 0 Å². The maximum absolute atomic E-state index is 4.78. The standard InChI is InChI=1S/C35H31N10/c1-2-3-12-33-32(21-24-13-17-26(18-14-24)28-8-4-6-10-30(28)34-37-41-42-38-34)36-23-45(33)22-25-15-19-27(20-16-25)29-9-5-7-11-31(29)35-39-43-44-40-35/h4-11,13-20H,2-3,12,21-22H2,1H3,(H,37,38,41,42)(H,39,40,43,44)/q+1. The van der Waals surface area contributed by atoms with Crippen molar-refractivity contribution in [1.29, 1.82) is 0 Å². The number of aromatic nitrogens is 8. The van der Waals surface area contributed by atoms with Crippen molar-refractivity contribution >= 4 is 6.34 Å². The SMILES string of the molecule is CCCCC1=C(Cc2ccc(-c3ccccc3-c3nn[nH]n3)cc2)N=[C+]N1Cc1ccc(-c2ccccc2-c2nn[nH]n2)cc1. The zero-order chi connectivity index (χ0) is 30.4. The fraction of sp³-hybridized carbons (Fsp3) is 0.171. The first kappa shape index (κ1) is 27.9. The van der Waals surface area contributed by atoms with E-state index in [-0.39, 0.29) is 0 Å². The van der Waals surface area contributed by atoms with Gasteiger partial charge in [0.15, 0.2) is 5.70 Å². The molecule has 45 heavy (non-hydrogen) atoms. The van der Waals surface area contributed by atoms with Gasteiger partial charge in [-0.05, 0) is 55.2 Å². The summed E-state index contributed by atoms with van der Waals surface area (Å²) in [5.41, 5.74) is 10.9. The van der Waals surface area contributed by atoms with E-state index in [1.165, 1.54) is 16.8 Å². The zero-order valence-electron chi connectivity index (χ0n) is 24.9. The lowest BCUT2D eigenvalue weighted by molar-refractivity contribution is 0.495. The third-order valence-corrected chi connectivity index (χ3v) is 8.00. The van der Waals surface area contributed by atoms with Gasteiger partial charge in [0.2, 0.25) is 17.3 Å². The molecular weight excluding hydrogens is 560 g/mol. The van der Waals surface area contributed by atoms with Gasteiger partial charge in [0.1, 0.15) is 0 Å². The summed E-state index contributed by atoms with van der Waals surface area (Å²) in [7, 11) is 0. The van der Waals surface area contributed by atoms with Gasteiger partial charge in [0.25, 0.3) is 6.34 Å². The summed E-state index contributed by atoms with van der Waals surface area (Å²) in [5.74, 6) is 1.17. The predicted octanol–water partition coefficient (Wildman–Crippen LogP) is 6.75. The van der Waals surface area contributed by atoms with E-state index in [2.05, 4.69) is 120 Å². The van der Waals surface area contributed by atoms with Crippen LogP contribution in [-0.2, 0) is 13.0 Å². The number of aliphatic imine (C=N–C) groups is 1. The first-order chi connectivity index (χ1) is 22.3. The van der Waals surface area contributed by atoms with Gasteiger partial charge in [0.05, 0.1) is 13.0 Å². The van der Waals surface area contributed by atoms with Gasteiger partial charge >= 0.3 is 0 Å². The molecule has 220 valence electrons. The summed E-state index contributed by atoms with van der Waals surface area (Å²) in [6, 6.07) is 33.5. The molecule has 1 aliphatic rings. The van der Waals surface area contributed by atoms with E-state index < -0.39 is 0 Å². The van der Waals surface area contributed by atoms with Crippen LogP contribution >= 0.6 is 0 Å². The molecule has 0 unspecified atom stereocenters. The van der Waals surface area contributed by atoms with Crippen LogP contribution in [0.15, 0.2) is 113 Å². The second-order valence-corrected chi connectivity index (χ2v) is 10.9. The third-order valence-electron chi connectivity index (χ3n) is 8.00. The normalized spacial score (nSPS) is 12.6. The predicted molar refractivity (Wildman–Crippen MR) is 173 cm³/mol. The van der Waals surface area contributed by atoms with Crippen molar-refractivity contribution in [1.82, 2.24) is 46.1 Å². The topological polar surface area (TPSA) is 125 Å². The Morgan fingerprint density at radius 1 is 0.644 bits per heavy atom. The van der Waals surface area contributed by atoms with Crippen LogP contribution in [0.25, 0.3) is 45.0 Å². The Morgan fingerprint density at radius 3 is 1.69 bits per heavy atom. The average Bonchev–Trinajstić information content (AvgIpc) is 3.89. The maximum Gasteiger partial charge on any atom is 0.256 e. The minimum atomic E-state index is 0.582. The number of allylic oxidation sites excluding steroid dienone is 2. The number of unbranched alkanes of at least 4 members (excludes halogenated alkanes) is 1. The monoisotopic (exact) mass is 591 g/mol. The molecule has 10 nitrogen and oxygen atoms in total. The molecule has 6 aromatic rings. The molecule has 1 aliphatic heterocycles. The van der Waals surface area contributed by atoms with Gasteiger partial charge in [0, 0.05) is 17.5 Å². The lowest BCUT2D eigenvalue weighted by Gasteiger charge is -2.12. The van der Waals surface area contributed by atoms with Crippen molar-refractivity contribution in [3.63, 3.8) is 0 Å². The van der Waals surface area contributed by atoms with E-state index in [0.717, 1.165) is 64.8 Å². The molecule has 0 aliphatic carbocycles. The highest BCUT2D eigenvalue weighted by molar-refractivity contribution is 5.81. The van der Waals surface area contributed by atoms with E-state index in [4.69, 9.17) is 4.99 Å². The van der Waals surface area contributed by atoms with Gasteiger partial charge in [-0.1, -0.05) is 110 Å². The Bertz CT molecular complexity index is 1920. The Morgan fingerprint density at radius 2 is 1.18 bits per heavy atom. The third kappa shape index (κ3) is 6.00. The van der Waals surface area contributed by atoms with Gasteiger partial charge in [-0.2, -0.15) is 15.3 Å². The molecule has 0 spiro atoms. The molecule has 0 atom stereocenters. The van der Waals surface area contributed by atoms with Crippen molar-refractivity contribution < 1.29 is 0 Å².